The summed E-state index contributed by atoms with van der Waals surface area (Å²) >= 11 is 0. The number of hydrazine groups is 1. The van der Waals surface area contributed by atoms with Gasteiger partial charge < -0.3 is 0 Å². The number of hydrogen-bond acceptors (Lipinski definition) is 2. The fourth-order valence-corrected chi connectivity index (χ4v) is 0.375. The van der Waals surface area contributed by atoms with E-state index in [0.717, 1.165) is 0 Å². The van der Waals surface area contributed by atoms with Gasteiger partial charge in [0.05, 0.1) is 0 Å². The Hall–Kier alpha value is -0.0800. The van der Waals surface area contributed by atoms with Crippen molar-refractivity contribution < 1.29 is 0 Å². The first-order valence-electron chi connectivity index (χ1n) is 2.50. The van der Waals surface area contributed by atoms with E-state index in [1.807, 2.05) is 7.05 Å². The molecule has 2 heteroatoms. The highest BCUT2D eigenvalue weighted by molar-refractivity contribution is 4.65. The van der Waals surface area contributed by atoms with Crippen LogP contribution in [0.5, 0.6) is 0 Å². The summed E-state index contributed by atoms with van der Waals surface area (Å²) in [7, 11) is 1.87. The molecule has 0 saturated carbocycles. The smallest absolute Gasteiger partial charge is 0.0239 e. The Morgan fingerprint density at radius 2 is 1.57 bits per heavy atom. The molecule has 0 aromatic carbocycles. The molecule has 0 fully saturated rings. The van der Waals surface area contributed by atoms with Crippen LogP contribution in [0.15, 0.2) is 0 Å². The first-order chi connectivity index (χ1) is 3.06. The lowest BCUT2D eigenvalue weighted by atomic mass is 10.1. The minimum atomic E-state index is 0.189. The van der Waals surface area contributed by atoms with Gasteiger partial charge in [0.1, 0.15) is 0 Å². The maximum Gasteiger partial charge on any atom is 0.0239 e. The monoisotopic (exact) mass is 102 g/mol. The molecule has 0 spiro atoms. The summed E-state index contributed by atoms with van der Waals surface area (Å²) in [6, 6.07) is 0. The van der Waals surface area contributed by atoms with Gasteiger partial charge in [-0.1, -0.05) is 0 Å². The molecule has 0 heterocycles. The van der Waals surface area contributed by atoms with Gasteiger partial charge in [0.25, 0.3) is 0 Å². The third-order valence-electron chi connectivity index (χ3n) is 0.500. The second kappa shape index (κ2) is 2.28. The van der Waals surface area contributed by atoms with Gasteiger partial charge in [-0.25, -0.2) is 0 Å². The van der Waals surface area contributed by atoms with Crippen molar-refractivity contribution in [2.75, 3.05) is 7.05 Å². The van der Waals surface area contributed by atoms with Crippen LogP contribution in [0.4, 0.5) is 0 Å². The quantitative estimate of drug-likeness (QED) is 0.471. The zero-order valence-electron chi connectivity index (χ0n) is 5.50. The average Bonchev–Trinajstić information content (AvgIpc) is 1.30. The molecule has 0 aliphatic heterocycles. The Bertz CT molecular complexity index is 44.5. The van der Waals surface area contributed by atoms with Crippen LogP contribution in [0.1, 0.15) is 20.8 Å². The standard InChI is InChI=1S/C5H14N2/c1-5(2,3)7-6-4/h6-7H,1-4H3. The van der Waals surface area contributed by atoms with Crippen LogP contribution in [0.3, 0.4) is 0 Å². The molecule has 0 aliphatic rings. The molecule has 0 bridgehead atoms. The van der Waals surface area contributed by atoms with Crippen LogP contribution in [-0.2, 0) is 0 Å². The maximum absolute atomic E-state index is 3.03. The molecular formula is C5H14N2. The third kappa shape index (κ3) is 5.92. The van der Waals surface area contributed by atoms with Crippen molar-refractivity contribution in [3.05, 3.63) is 0 Å². The van der Waals surface area contributed by atoms with Crippen molar-refractivity contribution in [3.63, 3.8) is 0 Å². The van der Waals surface area contributed by atoms with Gasteiger partial charge in [0.2, 0.25) is 0 Å². The summed E-state index contributed by atoms with van der Waals surface area (Å²) < 4.78 is 0. The molecule has 0 saturated heterocycles. The molecule has 0 atom stereocenters. The summed E-state index contributed by atoms with van der Waals surface area (Å²) in [5.41, 5.74) is 6.08. The van der Waals surface area contributed by atoms with Crippen molar-refractivity contribution in [2.45, 2.75) is 26.3 Å². The SMILES string of the molecule is CNNC(C)(C)C. The minimum Gasteiger partial charge on any atom is -0.260 e. The number of hydrogen-bond donors (Lipinski definition) is 2. The Morgan fingerprint density at radius 1 is 1.14 bits per heavy atom. The fraction of sp³-hybridized carbons (Fsp3) is 1.00. The summed E-state index contributed by atoms with van der Waals surface area (Å²) in [6.45, 7) is 6.30. The average molecular weight is 102 g/mol. The van der Waals surface area contributed by atoms with Gasteiger partial charge >= 0.3 is 0 Å². The van der Waals surface area contributed by atoms with Gasteiger partial charge in [0.15, 0.2) is 0 Å². The topological polar surface area (TPSA) is 24.1 Å². The second-order valence-electron chi connectivity index (χ2n) is 2.62. The summed E-state index contributed by atoms with van der Waals surface area (Å²) in [5, 5.41) is 0. The van der Waals surface area contributed by atoms with Crippen LogP contribution in [0.2, 0.25) is 0 Å². The lowest BCUT2D eigenvalue weighted by Gasteiger charge is -2.18. The highest BCUT2D eigenvalue weighted by Gasteiger charge is 2.04. The summed E-state index contributed by atoms with van der Waals surface area (Å²) in [6.07, 6.45) is 0. The van der Waals surface area contributed by atoms with E-state index < -0.39 is 0 Å². The van der Waals surface area contributed by atoms with E-state index >= 15 is 0 Å². The molecule has 0 radical (unpaired) electrons. The molecule has 0 unspecified atom stereocenters. The van der Waals surface area contributed by atoms with Gasteiger partial charge in [0, 0.05) is 5.54 Å². The molecule has 7 heavy (non-hydrogen) atoms. The highest BCUT2D eigenvalue weighted by Crippen LogP contribution is 1.93. The zero-order chi connectivity index (χ0) is 5.91. The van der Waals surface area contributed by atoms with E-state index in [-0.39, 0.29) is 5.54 Å². The van der Waals surface area contributed by atoms with E-state index in [4.69, 9.17) is 0 Å². The Labute approximate surface area is 45.3 Å². The Balaban J connectivity index is 3.15. The van der Waals surface area contributed by atoms with Crippen molar-refractivity contribution in [1.82, 2.24) is 10.9 Å². The fourth-order valence-electron chi connectivity index (χ4n) is 0.375. The van der Waals surface area contributed by atoms with Crippen LogP contribution >= 0.6 is 0 Å². The van der Waals surface area contributed by atoms with Gasteiger partial charge in [-0.15, -0.1) is 0 Å². The van der Waals surface area contributed by atoms with Crippen molar-refractivity contribution in [3.8, 4) is 0 Å². The molecular weight excluding hydrogens is 88.1 g/mol. The summed E-state index contributed by atoms with van der Waals surface area (Å²) in [4.78, 5) is 0. The number of nitrogens with one attached hydrogen (secondary N) is 2. The maximum atomic E-state index is 3.03. The highest BCUT2D eigenvalue weighted by atomic mass is 15.4. The summed E-state index contributed by atoms with van der Waals surface area (Å²) in [5.74, 6) is 0. The molecule has 0 amide bonds. The molecule has 0 aromatic rings. The van der Waals surface area contributed by atoms with Gasteiger partial charge in [-0.3, -0.25) is 10.9 Å². The predicted molar refractivity (Wildman–Crippen MR) is 31.9 cm³/mol. The van der Waals surface area contributed by atoms with Crippen LogP contribution in [-0.4, -0.2) is 12.6 Å². The molecule has 44 valence electrons. The molecule has 2 N–H and O–H groups in total. The minimum absolute atomic E-state index is 0.189. The van der Waals surface area contributed by atoms with E-state index in [0.29, 0.717) is 0 Å². The van der Waals surface area contributed by atoms with Crippen LogP contribution in [0.25, 0.3) is 0 Å². The van der Waals surface area contributed by atoms with E-state index in [1.54, 1.807) is 0 Å². The van der Waals surface area contributed by atoms with Crippen LogP contribution < -0.4 is 10.9 Å². The van der Waals surface area contributed by atoms with Crippen molar-refractivity contribution in [1.29, 1.82) is 0 Å². The molecule has 2 nitrogen and oxygen atoms in total. The van der Waals surface area contributed by atoms with Gasteiger partial charge in [-0.2, -0.15) is 0 Å². The normalized spacial score (nSPS) is 12.0. The first-order valence-corrected chi connectivity index (χ1v) is 2.50. The molecule has 0 rings (SSSR count). The predicted octanol–water partition coefficient (Wildman–Crippen LogP) is 0.509. The van der Waals surface area contributed by atoms with Crippen molar-refractivity contribution >= 4 is 0 Å². The Morgan fingerprint density at radius 3 is 1.57 bits per heavy atom. The van der Waals surface area contributed by atoms with Gasteiger partial charge in [-0.05, 0) is 27.8 Å². The molecule has 0 aliphatic carbocycles. The molecule has 0 aromatic heterocycles. The zero-order valence-corrected chi connectivity index (χ0v) is 5.50. The van der Waals surface area contributed by atoms with E-state index in [9.17, 15) is 0 Å². The lowest BCUT2D eigenvalue weighted by Crippen LogP contribution is -2.43. The number of rotatable bonds is 1. The van der Waals surface area contributed by atoms with Crippen molar-refractivity contribution in [2.24, 2.45) is 0 Å². The largest absolute Gasteiger partial charge is 0.260 e. The van der Waals surface area contributed by atoms with E-state index in [2.05, 4.69) is 31.6 Å². The Kier molecular flexibility index (Phi) is 2.26. The second-order valence-corrected chi connectivity index (χ2v) is 2.62. The first kappa shape index (κ1) is 6.92. The lowest BCUT2D eigenvalue weighted by molar-refractivity contribution is 0.381. The van der Waals surface area contributed by atoms with Crippen LogP contribution in [0, 0.1) is 0 Å². The van der Waals surface area contributed by atoms with E-state index in [1.165, 1.54) is 0 Å². The third-order valence-corrected chi connectivity index (χ3v) is 0.500.